The molecule has 1 amide bonds. The Balaban J connectivity index is 2.55. The zero-order valence-corrected chi connectivity index (χ0v) is 9.90. The van der Waals surface area contributed by atoms with Gasteiger partial charge in [-0.2, -0.15) is 0 Å². The van der Waals surface area contributed by atoms with Crippen LogP contribution >= 0.6 is 15.9 Å². The van der Waals surface area contributed by atoms with Crippen molar-refractivity contribution in [3.8, 4) is 0 Å². The van der Waals surface area contributed by atoms with Gasteiger partial charge >= 0.3 is 0 Å². The lowest BCUT2D eigenvalue weighted by molar-refractivity contribution is -0.117. The van der Waals surface area contributed by atoms with Crippen LogP contribution in [0.15, 0.2) is 6.07 Å². The van der Waals surface area contributed by atoms with E-state index in [1.807, 2.05) is 0 Å². The third-order valence-electron chi connectivity index (χ3n) is 2.44. The van der Waals surface area contributed by atoms with Crippen LogP contribution in [0, 0.1) is 23.3 Å². The van der Waals surface area contributed by atoms with E-state index in [9.17, 15) is 22.4 Å². The lowest BCUT2D eigenvalue weighted by Crippen LogP contribution is -2.27. The fourth-order valence-electron chi connectivity index (χ4n) is 1.68. The molecule has 0 bridgehead atoms. The summed E-state index contributed by atoms with van der Waals surface area (Å²) >= 11 is 3.11. The Morgan fingerprint density at radius 2 is 1.71 bits per heavy atom. The van der Waals surface area contributed by atoms with E-state index in [0.717, 1.165) is 0 Å². The molecule has 0 N–H and O–H groups in total. The maximum absolute atomic E-state index is 13.4. The first-order chi connectivity index (χ1) is 7.91. The van der Waals surface area contributed by atoms with Crippen LogP contribution in [0.3, 0.4) is 0 Å². The molecule has 1 fully saturated rings. The minimum Gasteiger partial charge on any atom is -0.306 e. The summed E-state index contributed by atoms with van der Waals surface area (Å²) in [5.41, 5.74) is -0.963. The van der Waals surface area contributed by atoms with Gasteiger partial charge < -0.3 is 4.90 Å². The molecule has 2 rings (SSSR count). The minimum absolute atomic E-state index is 0.0248. The highest BCUT2D eigenvalue weighted by molar-refractivity contribution is 9.09. The number of rotatable bonds is 1. The van der Waals surface area contributed by atoms with E-state index in [4.69, 9.17) is 0 Å². The molecule has 1 saturated heterocycles. The van der Waals surface area contributed by atoms with Gasteiger partial charge in [-0.15, -0.1) is 0 Å². The van der Waals surface area contributed by atoms with E-state index in [1.165, 1.54) is 0 Å². The smallest absolute Gasteiger partial charge is 0.228 e. The van der Waals surface area contributed by atoms with Crippen LogP contribution in [0.5, 0.6) is 0 Å². The summed E-state index contributed by atoms with van der Waals surface area (Å²) in [6, 6.07) is 0.111. The number of nitrogens with zero attached hydrogens (tertiary/aromatic N) is 1. The van der Waals surface area contributed by atoms with Crippen molar-refractivity contribution in [1.82, 2.24) is 0 Å². The Morgan fingerprint density at radius 1 is 1.18 bits per heavy atom. The molecule has 7 heteroatoms. The molecule has 1 aromatic carbocycles. The zero-order valence-electron chi connectivity index (χ0n) is 8.31. The number of carbonyl (C=O) groups excluding carboxylic acids is 1. The third-order valence-corrected chi connectivity index (χ3v) is 3.05. The van der Waals surface area contributed by atoms with E-state index in [-0.39, 0.29) is 23.9 Å². The highest BCUT2D eigenvalue weighted by Crippen LogP contribution is 2.32. The van der Waals surface area contributed by atoms with E-state index in [2.05, 4.69) is 15.9 Å². The van der Waals surface area contributed by atoms with Gasteiger partial charge in [-0.3, -0.25) is 4.79 Å². The van der Waals surface area contributed by atoms with Gasteiger partial charge in [0, 0.05) is 23.9 Å². The lowest BCUT2D eigenvalue weighted by Gasteiger charge is -2.18. The molecule has 0 saturated carbocycles. The average Bonchev–Trinajstić information content (AvgIpc) is 2.56. The van der Waals surface area contributed by atoms with Gasteiger partial charge in [0.05, 0.1) is 0 Å². The van der Waals surface area contributed by atoms with Gasteiger partial charge in [0.25, 0.3) is 0 Å². The summed E-state index contributed by atoms with van der Waals surface area (Å²) in [6.07, 6.45) is 0.0248. The van der Waals surface area contributed by atoms with Gasteiger partial charge in [-0.1, -0.05) is 15.9 Å². The second-order valence-electron chi connectivity index (χ2n) is 3.62. The van der Waals surface area contributed by atoms with Gasteiger partial charge in [0.1, 0.15) is 5.69 Å². The molecule has 1 aromatic rings. The summed E-state index contributed by atoms with van der Waals surface area (Å²) in [6.45, 7) is -0.0322. The summed E-state index contributed by atoms with van der Waals surface area (Å²) in [5, 5.41) is 0. The predicted octanol–water partition coefficient (Wildman–Crippen LogP) is 2.74. The van der Waals surface area contributed by atoms with Gasteiger partial charge in [0.2, 0.25) is 5.91 Å². The largest absolute Gasteiger partial charge is 0.306 e. The molecule has 1 atom stereocenters. The molecule has 1 aliphatic heterocycles. The monoisotopic (exact) mass is 311 g/mol. The molecule has 0 aromatic heterocycles. The number of anilines is 1. The molecule has 1 unspecified atom stereocenters. The molecule has 1 aliphatic rings. The summed E-state index contributed by atoms with van der Waals surface area (Å²) < 4.78 is 52.7. The van der Waals surface area contributed by atoms with Gasteiger partial charge in [-0.25, -0.2) is 17.6 Å². The Morgan fingerprint density at radius 3 is 2.12 bits per heavy atom. The summed E-state index contributed by atoms with van der Waals surface area (Å²) in [5.74, 6) is -6.75. The van der Waals surface area contributed by atoms with Crippen molar-refractivity contribution in [2.24, 2.45) is 0 Å². The van der Waals surface area contributed by atoms with E-state index >= 15 is 0 Å². The quantitative estimate of drug-likeness (QED) is 0.444. The first-order valence-electron chi connectivity index (χ1n) is 4.69. The van der Waals surface area contributed by atoms with Crippen molar-refractivity contribution in [2.75, 3.05) is 11.4 Å². The molecular weight excluding hydrogens is 306 g/mol. The number of hydrogen-bond acceptors (Lipinski definition) is 1. The number of alkyl halides is 1. The van der Waals surface area contributed by atoms with Crippen LogP contribution in [-0.2, 0) is 4.79 Å². The lowest BCUT2D eigenvalue weighted by atomic mass is 10.2. The summed E-state index contributed by atoms with van der Waals surface area (Å²) in [4.78, 5) is 11.8. The number of amides is 1. The van der Waals surface area contributed by atoms with Crippen molar-refractivity contribution in [2.45, 2.75) is 11.2 Å². The molecule has 0 spiro atoms. The van der Waals surface area contributed by atoms with Crippen LogP contribution in [0.1, 0.15) is 6.42 Å². The number of hydrogen-bond donors (Lipinski definition) is 0. The first-order valence-corrected chi connectivity index (χ1v) is 5.60. The fourth-order valence-corrected chi connectivity index (χ4v) is 2.24. The standard InChI is InChI=1S/C10H6BrF4NO/c11-4-1-7(17)16(3-4)10-8(14)5(12)2-6(13)9(10)15/h2,4H,1,3H2. The van der Waals surface area contributed by atoms with Gasteiger partial charge in [-0.05, 0) is 0 Å². The molecule has 0 radical (unpaired) electrons. The molecule has 17 heavy (non-hydrogen) atoms. The molecular formula is C10H6BrF4NO. The van der Waals surface area contributed by atoms with Crippen LogP contribution in [0.2, 0.25) is 0 Å². The predicted molar refractivity (Wildman–Crippen MR) is 56.0 cm³/mol. The SMILES string of the molecule is O=C1CC(Br)CN1c1c(F)c(F)cc(F)c1F. The molecule has 0 aliphatic carbocycles. The highest BCUT2D eigenvalue weighted by Gasteiger charge is 2.34. The van der Waals surface area contributed by atoms with E-state index < -0.39 is 34.9 Å². The molecule has 2 nitrogen and oxygen atoms in total. The second kappa shape index (κ2) is 4.29. The van der Waals surface area contributed by atoms with Crippen LogP contribution < -0.4 is 4.90 Å². The van der Waals surface area contributed by atoms with Crippen molar-refractivity contribution < 1.29 is 22.4 Å². The van der Waals surface area contributed by atoms with Gasteiger partial charge in [0.15, 0.2) is 23.3 Å². The normalized spacial score (nSPS) is 20.2. The topological polar surface area (TPSA) is 20.3 Å². The van der Waals surface area contributed by atoms with Crippen LogP contribution in [-0.4, -0.2) is 17.3 Å². The Hall–Kier alpha value is -1.11. The highest BCUT2D eigenvalue weighted by atomic mass is 79.9. The van der Waals surface area contributed by atoms with E-state index in [1.54, 1.807) is 0 Å². The average molecular weight is 312 g/mol. The molecule has 92 valence electrons. The number of halogens is 5. The second-order valence-corrected chi connectivity index (χ2v) is 4.92. The van der Waals surface area contributed by atoms with Crippen molar-refractivity contribution in [3.63, 3.8) is 0 Å². The first kappa shape index (κ1) is 12.3. The fraction of sp³-hybridized carbons (Fsp3) is 0.300. The summed E-state index contributed by atoms with van der Waals surface area (Å²) in [7, 11) is 0. The number of carbonyl (C=O) groups is 1. The van der Waals surface area contributed by atoms with Crippen LogP contribution in [0.25, 0.3) is 0 Å². The third kappa shape index (κ3) is 2.03. The molecule has 1 heterocycles. The van der Waals surface area contributed by atoms with Crippen LogP contribution in [0.4, 0.5) is 23.2 Å². The maximum atomic E-state index is 13.4. The van der Waals surface area contributed by atoms with Crippen molar-refractivity contribution in [3.05, 3.63) is 29.3 Å². The van der Waals surface area contributed by atoms with E-state index in [0.29, 0.717) is 4.90 Å². The zero-order chi connectivity index (χ0) is 12.7. The Kier molecular flexibility index (Phi) is 3.11. The maximum Gasteiger partial charge on any atom is 0.228 e. The Labute approximate surface area is 102 Å². The number of benzene rings is 1. The van der Waals surface area contributed by atoms with Crippen molar-refractivity contribution in [1.29, 1.82) is 0 Å². The minimum atomic E-state index is -1.56. The Bertz CT molecular complexity index is 467. The van der Waals surface area contributed by atoms with Crippen molar-refractivity contribution >= 4 is 27.5 Å².